The lowest BCUT2D eigenvalue weighted by Gasteiger charge is -2.42. The van der Waals surface area contributed by atoms with Crippen molar-refractivity contribution in [3.63, 3.8) is 0 Å². The van der Waals surface area contributed by atoms with Crippen LogP contribution in [0.4, 0.5) is 0 Å². The number of carbonyl (C=O) groups is 1. The minimum Gasteiger partial charge on any atom is -0.460 e. The average Bonchev–Trinajstić information content (AvgIpc) is 2.58. The van der Waals surface area contributed by atoms with Gasteiger partial charge in [-0.25, -0.2) is 4.79 Å². The smallest absolute Gasteiger partial charge is 0.333 e. The molecule has 1 atom stereocenters. The third-order valence-corrected chi connectivity index (χ3v) is 24.3. The molecule has 0 aliphatic carbocycles. The molecule has 0 N–H and O–H groups in total. The number of carbonyl (C=O) groups excluding carboxylic acids is 1. The molecule has 0 saturated carbocycles. The number of hydrogen-bond donors (Lipinski definition) is 0. The lowest BCUT2D eigenvalue weighted by molar-refractivity contribution is -0.140. The summed E-state index contributed by atoms with van der Waals surface area (Å²) in [6.07, 6.45) is 2.40. The van der Waals surface area contributed by atoms with Crippen LogP contribution in [0.1, 0.15) is 33.6 Å². The SMILES string of the molecule is C=C(C)C(=O)OCCOC(C)C[Si](C)(C)O[Si](C)(C)O[Si](C)(C)O[Si](C)(C)O[Si](C)(C)CCCC. The Morgan fingerprint density at radius 2 is 1.23 bits per heavy atom. The van der Waals surface area contributed by atoms with Crippen LogP contribution in [-0.4, -0.2) is 67.6 Å². The number of esters is 1. The highest BCUT2D eigenvalue weighted by Crippen LogP contribution is 2.28. The lowest BCUT2D eigenvalue weighted by Crippen LogP contribution is -2.58. The van der Waals surface area contributed by atoms with Crippen molar-refractivity contribution in [2.24, 2.45) is 0 Å². The summed E-state index contributed by atoms with van der Waals surface area (Å²) in [5.74, 6) is -0.387. The van der Waals surface area contributed by atoms with Crippen molar-refractivity contribution in [3.8, 4) is 0 Å². The lowest BCUT2D eigenvalue weighted by atomic mass is 10.4. The van der Waals surface area contributed by atoms with E-state index in [1.807, 2.05) is 6.92 Å². The second kappa shape index (κ2) is 14.3. The van der Waals surface area contributed by atoms with Gasteiger partial charge in [0.05, 0.1) is 12.7 Å². The Morgan fingerprint density at radius 3 is 1.69 bits per heavy atom. The van der Waals surface area contributed by atoms with Gasteiger partial charge in [-0.2, -0.15) is 0 Å². The van der Waals surface area contributed by atoms with Gasteiger partial charge in [-0.05, 0) is 91.4 Å². The fourth-order valence-corrected chi connectivity index (χ4v) is 29.7. The molecular formula is C23H54O7Si5. The normalized spacial score (nSPS) is 14.7. The number of rotatable bonds is 18. The van der Waals surface area contributed by atoms with Crippen molar-refractivity contribution in [1.29, 1.82) is 0 Å². The highest BCUT2D eigenvalue weighted by Gasteiger charge is 2.45. The van der Waals surface area contributed by atoms with Gasteiger partial charge in [-0.3, -0.25) is 0 Å². The van der Waals surface area contributed by atoms with Gasteiger partial charge in [0.1, 0.15) is 6.61 Å². The molecule has 12 heteroatoms. The van der Waals surface area contributed by atoms with Gasteiger partial charge in [-0.15, -0.1) is 0 Å². The number of hydrogen-bond acceptors (Lipinski definition) is 7. The van der Waals surface area contributed by atoms with E-state index >= 15 is 0 Å². The van der Waals surface area contributed by atoms with E-state index in [1.165, 1.54) is 12.8 Å². The first-order chi connectivity index (χ1) is 15.6. The average molecular weight is 583 g/mol. The molecule has 1 unspecified atom stereocenters. The van der Waals surface area contributed by atoms with Crippen molar-refractivity contribution in [2.45, 2.75) is 117 Å². The van der Waals surface area contributed by atoms with Crippen molar-refractivity contribution < 1.29 is 30.7 Å². The van der Waals surface area contributed by atoms with Crippen molar-refractivity contribution in [3.05, 3.63) is 12.2 Å². The third kappa shape index (κ3) is 17.3. The highest BCUT2D eigenvalue weighted by atomic mass is 28.5. The molecule has 0 aromatic carbocycles. The molecule has 0 rings (SSSR count). The summed E-state index contributed by atoms with van der Waals surface area (Å²) in [5.41, 5.74) is 0.391. The van der Waals surface area contributed by atoms with E-state index < -0.39 is 42.3 Å². The Kier molecular flexibility index (Phi) is 14.3. The van der Waals surface area contributed by atoms with Crippen LogP contribution in [0.5, 0.6) is 0 Å². The Hall–Kier alpha value is 0.0944. The van der Waals surface area contributed by atoms with Crippen molar-refractivity contribution in [2.75, 3.05) is 13.2 Å². The molecule has 35 heavy (non-hydrogen) atoms. The van der Waals surface area contributed by atoms with Crippen LogP contribution in [0.15, 0.2) is 12.2 Å². The molecule has 0 aromatic rings. The van der Waals surface area contributed by atoms with Crippen LogP contribution in [0, 0.1) is 0 Å². The molecule has 208 valence electrons. The minimum atomic E-state index is -2.46. The summed E-state index contributed by atoms with van der Waals surface area (Å²) >= 11 is 0. The first kappa shape index (κ1) is 35.1. The molecule has 0 fully saturated rings. The largest absolute Gasteiger partial charge is 0.460 e. The second-order valence-corrected chi connectivity index (χ2v) is 31.6. The zero-order valence-electron chi connectivity index (χ0n) is 24.9. The maximum Gasteiger partial charge on any atom is 0.333 e. The Balaban J connectivity index is 4.85. The Morgan fingerprint density at radius 1 is 0.771 bits per heavy atom. The number of unbranched alkanes of at least 4 members (excludes halogenated alkanes) is 1. The summed E-state index contributed by atoms with van der Waals surface area (Å²) in [6.45, 7) is 31.7. The van der Waals surface area contributed by atoms with E-state index in [0.717, 1.165) is 12.1 Å². The molecule has 0 aromatic heterocycles. The van der Waals surface area contributed by atoms with E-state index in [9.17, 15) is 4.79 Å². The van der Waals surface area contributed by atoms with Crippen LogP contribution >= 0.6 is 0 Å². The van der Waals surface area contributed by atoms with E-state index in [1.54, 1.807) is 6.92 Å². The first-order valence-corrected chi connectivity index (χ1v) is 27.5. The second-order valence-electron chi connectivity index (χ2n) is 12.0. The van der Waals surface area contributed by atoms with E-state index in [-0.39, 0.29) is 18.7 Å². The van der Waals surface area contributed by atoms with E-state index in [2.05, 4.69) is 79.0 Å². The summed E-state index contributed by atoms with van der Waals surface area (Å²) in [7, 11) is -11.1. The van der Waals surface area contributed by atoms with Gasteiger partial charge < -0.3 is 25.9 Å². The fraction of sp³-hybridized carbons (Fsp3) is 0.870. The maximum absolute atomic E-state index is 11.5. The first-order valence-electron chi connectivity index (χ1n) is 12.9. The van der Waals surface area contributed by atoms with E-state index in [4.69, 9.17) is 25.9 Å². The predicted octanol–water partition coefficient (Wildman–Crippen LogP) is 6.89. The van der Waals surface area contributed by atoms with Crippen LogP contribution < -0.4 is 0 Å². The quantitative estimate of drug-likeness (QED) is 0.0754. The Bertz CT molecular complexity index is 681. The van der Waals surface area contributed by atoms with Gasteiger partial charge in [-0.1, -0.05) is 26.3 Å². The predicted molar refractivity (Wildman–Crippen MR) is 157 cm³/mol. The third-order valence-electron chi connectivity index (χ3n) is 5.01. The summed E-state index contributed by atoms with van der Waals surface area (Å²) < 4.78 is 37.6. The van der Waals surface area contributed by atoms with Gasteiger partial charge in [0.15, 0.2) is 16.6 Å². The standard InChI is InChI=1S/C23H54O7Si5/c1-15-16-19-31(5,6)27-33(9,10)29-35(13,14)30-34(11,12)28-32(7,8)20-22(4)25-17-18-26-23(24)21(2)3/h22H,2,15-20H2,1,3-14H3. The monoisotopic (exact) mass is 582 g/mol. The van der Waals surface area contributed by atoms with Gasteiger partial charge in [0.2, 0.25) is 0 Å². The molecular weight excluding hydrogens is 529 g/mol. The summed E-state index contributed by atoms with van der Waals surface area (Å²) in [4.78, 5) is 11.5. The molecule has 7 nitrogen and oxygen atoms in total. The van der Waals surface area contributed by atoms with Crippen molar-refractivity contribution in [1.82, 2.24) is 0 Å². The minimum absolute atomic E-state index is 0.00144. The Labute approximate surface area is 221 Å². The highest BCUT2D eigenvalue weighted by molar-refractivity contribution is 6.90. The van der Waals surface area contributed by atoms with E-state index in [0.29, 0.717) is 12.2 Å². The van der Waals surface area contributed by atoms with Gasteiger partial charge in [0, 0.05) is 5.57 Å². The molecule has 0 aliphatic rings. The van der Waals surface area contributed by atoms with Crippen LogP contribution in [-0.2, 0) is 30.7 Å². The number of ether oxygens (including phenoxy) is 2. The fourth-order valence-electron chi connectivity index (χ4n) is 4.53. The maximum atomic E-state index is 11.5. The van der Waals surface area contributed by atoms with Gasteiger partial charge >= 0.3 is 31.7 Å². The molecule has 0 spiro atoms. The van der Waals surface area contributed by atoms with Crippen LogP contribution in [0.3, 0.4) is 0 Å². The van der Waals surface area contributed by atoms with Crippen molar-refractivity contribution >= 4 is 48.3 Å². The molecule has 0 heterocycles. The van der Waals surface area contributed by atoms with Crippen LogP contribution in [0.25, 0.3) is 0 Å². The summed E-state index contributed by atoms with van der Waals surface area (Å²) in [6, 6.07) is 1.98. The molecule has 0 bridgehead atoms. The topological polar surface area (TPSA) is 72.5 Å². The molecule has 0 amide bonds. The molecule has 0 aliphatic heterocycles. The van der Waals surface area contributed by atoms with Crippen LogP contribution in [0.2, 0.25) is 77.6 Å². The zero-order chi connectivity index (χ0) is 27.7. The zero-order valence-corrected chi connectivity index (χ0v) is 29.9. The molecule has 0 saturated heterocycles. The summed E-state index contributed by atoms with van der Waals surface area (Å²) in [5, 5.41) is 0. The van der Waals surface area contributed by atoms with Gasteiger partial charge in [0.25, 0.3) is 0 Å². The molecule has 0 radical (unpaired) electrons.